The maximum absolute atomic E-state index is 12.9. The number of likely N-dealkylation sites (N-methyl/N-ethyl adjacent to an activating group) is 1. The lowest BCUT2D eigenvalue weighted by Crippen LogP contribution is -2.47. The van der Waals surface area contributed by atoms with E-state index in [-0.39, 0.29) is 5.91 Å². The Balaban J connectivity index is 1.36. The number of hydrogen-bond donors (Lipinski definition) is 0. The topological polar surface area (TPSA) is 52.6 Å². The summed E-state index contributed by atoms with van der Waals surface area (Å²) in [5.74, 6) is 0.0840. The third-order valence-electron chi connectivity index (χ3n) is 6.62. The Morgan fingerprint density at radius 3 is 2.47 bits per heavy atom. The number of benzene rings is 2. The van der Waals surface area contributed by atoms with Gasteiger partial charge in [-0.1, -0.05) is 35.3 Å². The van der Waals surface area contributed by atoms with Crippen LogP contribution in [0.4, 0.5) is 5.69 Å². The first-order valence-corrected chi connectivity index (χ1v) is 12.4. The molecule has 3 aromatic rings. The highest BCUT2D eigenvalue weighted by Gasteiger charge is 2.22. The van der Waals surface area contributed by atoms with Crippen LogP contribution in [-0.2, 0) is 13.0 Å². The maximum Gasteiger partial charge on any atom is 0.253 e. The molecule has 0 radical (unpaired) electrons. The van der Waals surface area contributed by atoms with Crippen LogP contribution >= 0.6 is 23.2 Å². The third-order valence-corrected chi connectivity index (χ3v) is 7.22. The molecular weight excluding hydrogens is 469 g/mol. The number of aromatic nitrogens is 2. The molecule has 6 nitrogen and oxygen atoms in total. The van der Waals surface area contributed by atoms with Gasteiger partial charge in [-0.15, -0.1) is 0 Å². The average molecular weight is 496 g/mol. The molecule has 0 unspecified atom stereocenters. The molecule has 2 aliphatic heterocycles. The molecule has 0 spiro atoms. The molecule has 3 heterocycles. The molecule has 1 saturated heterocycles. The number of piperazine rings is 1. The van der Waals surface area contributed by atoms with E-state index in [0.29, 0.717) is 22.2 Å². The molecule has 5 rings (SSSR count). The number of nitrogens with zero attached hydrogens (tertiary/aromatic N) is 5. The van der Waals surface area contributed by atoms with Crippen LogP contribution in [0.25, 0.3) is 11.3 Å². The predicted molar refractivity (Wildman–Crippen MR) is 137 cm³/mol. The quantitative estimate of drug-likeness (QED) is 0.520. The van der Waals surface area contributed by atoms with Crippen molar-refractivity contribution in [2.24, 2.45) is 0 Å². The Labute approximate surface area is 210 Å². The van der Waals surface area contributed by atoms with Crippen molar-refractivity contribution >= 4 is 34.8 Å². The summed E-state index contributed by atoms with van der Waals surface area (Å²) in [4.78, 5) is 19.3. The molecule has 176 valence electrons. The average Bonchev–Trinajstić information content (AvgIpc) is 2.86. The van der Waals surface area contributed by atoms with E-state index in [1.54, 1.807) is 6.07 Å². The molecule has 2 aromatic carbocycles. The Morgan fingerprint density at radius 1 is 0.941 bits per heavy atom. The number of anilines is 1. The lowest BCUT2D eigenvalue weighted by Gasteiger charge is -2.32. The number of carbonyl (C=O) groups is 1. The number of hydrogen-bond acceptors (Lipinski definition) is 5. The molecular formula is C26H27Cl2N5O. The van der Waals surface area contributed by atoms with Crippen LogP contribution in [-0.4, -0.2) is 65.7 Å². The first-order chi connectivity index (χ1) is 16.5. The van der Waals surface area contributed by atoms with Gasteiger partial charge in [-0.3, -0.25) is 4.79 Å². The number of rotatable bonds is 4. The SMILES string of the molecule is CN1CCN(C(=O)c2ccc(-c3cc4c(nn3)CCCN4Cc3cc(Cl)ccc3Cl)cc2)CC1. The second kappa shape index (κ2) is 9.90. The molecule has 8 heteroatoms. The molecule has 34 heavy (non-hydrogen) atoms. The Morgan fingerprint density at radius 2 is 1.71 bits per heavy atom. The maximum atomic E-state index is 12.9. The Kier molecular flexibility index (Phi) is 6.73. The molecule has 0 N–H and O–H groups in total. The summed E-state index contributed by atoms with van der Waals surface area (Å²) in [6.07, 6.45) is 1.92. The largest absolute Gasteiger partial charge is 0.366 e. The van der Waals surface area contributed by atoms with Crippen LogP contribution in [0.3, 0.4) is 0 Å². The van der Waals surface area contributed by atoms with Crippen molar-refractivity contribution in [2.45, 2.75) is 19.4 Å². The lowest BCUT2D eigenvalue weighted by molar-refractivity contribution is 0.0664. The van der Waals surface area contributed by atoms with Gasteiger partial charge in [0.05, 0.1) is 17.1 Å². The highest BCUT2D eigenvalue weighted by Crippen LogP contribution is 2.32. The van der Waals surface area contributed by atoms with Crippen molar-refractivity contribution < 1.29 is 4.79 Å². The van der Waals surface area contributed by atoms with Crippen LogP contribution in [0.2, 0.25) is 10.0 Å². The van der Waals surface area contributed by atoms with Gasteiger partial charge in [-0.2, -0.15) is 10.2 Å². The first kappa shape index (κ1) is 23.1. The van der Waals surface area contributed by atoms with E-state index in [4.69, 9.17) is 23.2 Å². The zero-order valence-electron chi connectivity index (χ0n) is 19.2. The predicted octanol–water partition coefficient (Wildman–Crippen LogP) is 4.79. The smallest absolute Gasteiger partial charge is 0.253 e. The van der Waals surface area contributed by atoms with Crippen LogP contribution < -0.4 is 4.90 Å². The lowest BCUT2D eigenvalue weighted by atomic mass is 10.0. The summed E-state index contributed by atoms with van der Waals surface area (Å²) in [7, 11) is 2.08. The minimum atomic E-state index is 0.0840. The standard InChI is InChI=1S/C26H27Cl2N5O/c1-31-11-13-32(14-12-31)26(34)19-6-4-18(5-7-19)24-16-25-23(29-30-24)3-2-10-33(25)17-20-15-21(27)8-9-22(20)28/h4-9,15-16H,2-3,10-14,17H2,1H3. The Bertz CT molecular complexity index is 1190. The summed E-state index contributed by atoms with van der Waals surface area (Å²) in [6.45, 7) is 4.92. The summed E-state index contributed by atoms with van der Waals surface area (Å²) in [5.41, 5.74) is 5.50. The van der Waals surface area contributed by atoms with Crippen LogP contribution in [0.5, 0.6) is 0 Å². The summed E-state index contributed by atoms with van der Waals surface area (Å²) < 4.78 is 0. The van der Waals surface area contributed by atoms with Crippen LogP contribution in [0.1, 0.15) is 28.0 Å². The second-order valence-electron chi connectivity index (χ2n) is 9.00. The molecule has 0 aliphatic carbocycles. The van der Waals surface area contributed by atoms with Crippen molar-refractivity contribution in [1.29, 1.82) is 0 Å². The molecule has 2 aliphatic rings. The fourth-order valence-electron chi connectivity index (χ4n) is 4.57. The van der Waals surface area contributed by atoms with Crippen LogP contribution in [0, 0.1) is 0 Å². The minimum Gasteiger partial charge on any atom is -0.366 e. The monoisotopic (exact) mass is 495 g/mol. The van der Waals surface area contributed by atoms with Crippen molar-refractivity contribution in [3.05, 3.63) is 75.4 Å². The second-order valence-corrected chi connectivity index (χ2v) is 9.84. The van der Waals surface area contributed by atoms with Gasteiger partial charge in [0.2, 0.25) is 0 Å². The highest BCUT2D eigenvalue weighted by molar-refractivity contribution is 6.33. The molecule has 1 fully saturated rings. The zero-order valence-corrected chi connectivity index (χ0v) is 20.7. The van der Waals surface area contributed by atoms with E-state index >= 15 is 0 Å². The van der Waals surface area contributed by atoms with E-state index in [1.807, 2.05) is 41.3 Å². The van der Waals surface area contributed by atoms with Gasteiger partial charge < -0.3 is 14.7 Å². The molecule has 0 atom stereocenters. The van der Waals surface area contributed by atoms with Gasteiger partial charge in [-0.05, 0) is 61.9 Å². The van der Waals surface area contributed by atoms with E-state index in [1.165, 1.54) is 0 Å². The minimum absolute atomic E-state index is 0.0840. The van der Waals surface area contributed by atoms with Gasteiger partial charge >= 0.3 is 0 Å². The summed E-state index contributed by atoms with van der Waals surface area (Å²) in [6, 6.07) is 15.4. The van der Waals surface area contributed by atoms with Crippen molar-refractivity contribution in [3.8, 4) is 11.3 Å². The number of carbonyl (C=O) groups excluding carboxylic acids is 1. The number of fused-ring (bicyclic) bond motifs is 1. The first-order valence-electron chi connectivity index (χ1n) is 11.6. The third kappa shape index (κ3) is 4.90. The van der Waals surface area contributed by atoms with Crippen LogP contribution in [0.15, 0.2) is 48.5 Å². The summed E-state index contributed by atoms with van der Waals surface area (Å²) >= 11 is 12.6. The Hall–Kier alpha value is -2.67. The molecule has 0 saturated carbocycles. The van der Waals surface area contributed by atoms with Crippen molar-refractivity contribution in [3.63, 3.8) is 0 Å². The van der Waals surface area contributed by atoms with Gasteiger partial charge in [0.25, 0.3) is 5.91 Å². The number of aryl methyl sites for hydroxylation is 1. The van der Waals surface area contributed by atoms with E-state index in [2.05, 4.69) is 33.1 Å². The van der Waals surface area contributed by atoms with E-state index in [9.17, 15) is 4.79 Å². The molecule has 1 amide bonds. The van der Waals surface area contributed by atoms with Gasteiger partial charge in [0.15, 0.2) is 0 Å². The van der Waals surface area contributed by atoms with Gasteiger partial charge in [0.1, 0.15) is 0 Å². The summed E-state index contributed by atoms with van der Waals surface area (Å²) in [5, 5.41) is 10.4. The fraction of sp³-hybridized carbons (Fsp3) is 0.346. The highest BCUT2D eigenvalue weighted by atomic mass is 35.5. The number of halogens is 2. The zero-order chi connectivity index (χ0) is 23.7. The van der Waals surface area contributed by atoms with Gasteiger partial charge in [0, 0.05) is 60.4 Å². The van der Waals surface area contributed by atoms with Crippen molar-refractivity contribution in [1.82, 2.24) is 20.0 Å². The van der Waals surface area contributed by atoms with E-state index in [0.717, 1.165) is 73.8 Å². The molecule has 1 aromatic heterocycles. The fourth-order valence-corrected chi connectivity index (χ4v) is 4.94. The van der Waals surface area contributed by atoms with Gasteiger partial charge in [-0.25, -0.2) is 0 Å². The van der Waals surface area contributed by atoms with E-state index < -0.39 is 0 Å². The molecule has 0 bridgehead atoms. The normalized spacial score (nSPS) is 16.4. The number of amides is 1. The van der Waals surface area contributed by atoms with Crippen molar-refractivity contribution in [2.75, 3.05) is 44.7 Å².